The van der Waals surface area contributed by atoms with Gasteiger partial charge in [0.25, 0.3) is 5.91 Å². The van der Waals surface area contributed by atoms with Crippen molar-refractivity contribution < 1.29 is 39.9 Å². The van der Waals surface area contributed by atoms with Crippen LogP contribution in [0.4, 0.5) is 5.69 Å². The lowest BCUT2D eigenvalue weighted by Crippen LogP contribution is -2.39. The Kier molecular flexibility index (Phi) is 7.50. The van der Waals surface area contributed by atoms with E-state index < -0.39 is 24.1 Å². The van der Waals surface area contributed by atoms with Crippen molar-refractivity contribution in [3.8, 4) is 5.75 Å². The Morgan fingerprint density at radius 2 is 1.48 bits per heavy atom. The number of phenols is 1. The third kappa shape index (κ3) is 5.80. The molecule has 1 amide bonds. The normalized spacial score (nSPS) is 12.3. The average Bonchev–Trinajstić information content (AvgIpc) is 2.48. The highest BCUT2D eigenvalue weighted by atomic mass is 16.4. The minimum absolute atomic E-state index is 0.152. The lowest BCUT2D eigenvalue weighted by molar-refractivity contribution is -0.165. The van der Waals surface area contributed by atoms with E-state index in [1.807, 2.05) is 0 Å². The Morgan fingerprint density at radius 3 is 1.83 bits per heavy atom. The molecule has 0 heterocycles. The molecular formula is C13H18N2O8. The summed E-state index contributed by atoms with van der Waals surface area (Å²) in [4.78, 5) is 32.4. The predicted molar refractivity (Wildman–Crippen MR) is 77.8 cm³/mol. The van der Waals surface area contributed by atoms with Crippen LogP contribution in [0.1, 0.15) is 10.4 Å². The second-order valence-electron chi connectivity index (χ2n) is 4.51. The number of nitrogens with two attached hydrogens (primary N) is 1. The lowest BCUT2D eigenvalue weighted by atomic mass is 10.1. The first kappa shape index (κ1) is 20.1. The van der Waals surface area contributed by atoms with Crippen molar-refractivity contribution in [3.05, 3.63) is 23.8 Å². The third-order valence-corrected chi connectivity index (χ3v) is 2.51. The van der Waals surface area contributed by atoms with Crippen molar-refractivity contribution in [2.45, 2.75) is 12.2 Å². The second kappa shape index (κ2) is 8.56. The van der Waals surface area contributed by atoms with E-state index in [0.29, 0.717) is 0 Å². The van der Waals surface area contributed by atoms with E-state index in [1.54, 1.807) is 26.2 Å². The molecule has 0 aromatic heterocycles. The van der Waals surface area contributed by atoms with Crippen LogP contribution in [0.2, 0.25) is 0 Å². The summed E-state index contributed by atoms with van der Waals surface area (Å²) < 4.78 is 0. The Labute approximate surface area is 131 Å². The zero-order valence-corrected chi connectivity index (χ0v) is 12.4. The number of benzene rings is 1. The number of carbonyl (C=O) groups excluding carboxylic acids is 1. The van der Waals surface area contributed by atoms with Gasteiger partial charge in [0, 0.05) is 14.1 Å². The first-order valence-corrected chi connectivity index (χ1v) is 6.11. The summed E-state index contributed by atoms with van der Waals surface area (Å²) in [6, 6.07) is 4.71. The number of hydrogen-bond donors (Lipinski definition) is 6. The van der Waals surface area contributed by atoms with Gasteiger partial charge in [-0.3, -0.25) is 4.79 Å². The van der Waals surface area contributed by atoms with Crippen molar-refractivity contribution in [1.29, 1.82) is 0 Å². The van der Waals surface area contributed by atoms with Crippen LogP contribution in [0.5, 0.6) is 5.75 Å². The number of nitrogen functional groups attached to an aromatic ring is 1. The van der Waals surface area contributed by atoms with Gasteiger partial charge < -0.3 is 36.2 Å². The molecule has 0 saturated heterocycles. The first-order chi connectivity index (χ1) is 10.5. The number of nitrogens with zero attached hydrogens (tertiary/aromatic N) is 1. The van der Waals surface area contributed by atoms with Crippen molar-refractivity contribution in [2.24, 2.45) is 0 Å². The molecule has 1 aromatic carbocycles. The topological polar surface area (TPSA) is 182 Å². The number of para-hydroxylation sites is 1. The van der Waals surface area contributed by atoms with Gasteiger partial charge in [0.1, 0.15) is 0 Å². The van der Waals surface area contributed by atoms with E-state index in [4.69, 9.17) is 26.2 Å². The van der Waals surface area contributed by atoms with E-state index in [0.717, 1.165) is 0 Å². The summed E-state index contributed by atoms with van der Waals surface area (Å²) >= 11 is 0. The third-order valence-electron chi connectivity index (χ3n) is 2.51. The summed E-state index contributed by atoms with van der Waals surface area (Å²) in [7, 11) is 3.23. The van der Waals surface area contributed by atoms with Crippen LogP contribution in [0.15, 0.2) is 18.2 Å². The molecule has 0 radical (unpaired) electrons. The van der Waals surface area contributed by atoms with Crippen molar-refractivity contribution in [1.82, 2.24) is 4.90 Å². The van der Waals surface area contributed by atoms with Crippen LogP contribution < -0.4 is 5.73 Å². The van der Waals surface area contributed by atoms with Crippen molar-refractivity contribution in [3.63, 3.8) is 0 Å². The van der Waals surface area contributed by atoms with Crippen LogP contribution in [-0.4, -0.2) is 74.6 Å². The SMILES string of the molecule is CN(C)C(=O)c1cccc(N)c1O.O=C(O)C(O)C(O)C(=O)O. The second-order valence-corrected chi connectivity index (χ2v) is 4.51. The van der Waals surface area contributed by atoms with E-state index >= 15 is 0 Å². The number of rotatable bonds is 4. The molecule has 10 heteroatoms. The molecule has 0 spiro atoms. The molecule has 10 nitrogen and oxygen atoms in total. The van der Waals surface area contributed by atoms with Crippen molar-refractivity contribution >= 4 is 23.5 Å². The number of aromatic hydroxyl groups is 1. The van der Waals surface area contributed by atoms with Crippen LogP contribution in [0.25, 0.3) is 0 Å². The number of carbonyl (C=O) groups is 3. The maximum Gasteiger partial charge on any atom is 0.335 e. The Morgan fingerprint density at radius 1 is 1.04 bits per heavy atom. The average molecular weight is 330 g/mol. The van der Waals surface area contributed by atoms with Gasteiger partial charge in [-0.25, -0.2) is 9.59 Å². The van der Waals surface area contributed by atoms with Gasteiger partial charge in [-0.2, -0.15) is 0 Å². The van der Waals surface area contributed by atoms with Crippen LogP contribution in [-0.2, 0) is 9.59 Å². The molecule has 0 aliphatic rings. The number of aliphatic carboxylic acids is 2. The van der Waals surface area contributed by atoms with Gasteiger partial charge in [-0.05, 0) is 12.1 Å². The predicted octanol–water partition coefficient (Wildman–Crippen LogP) is -1.45. The molecule has 0 saturated carbocycles. The summed E-state index contributed by atoms with van der Waals surface area (Å²) in [5.74, 6) is -3.95. The number of anilines is 1. The summed E-state index contributed by atoms with van der Waals surface area (Å²) in [5.41, 5.74) is 5.88. The highest BCUT2D eigenvalue weighted by Gasteiger charge is 2.29. The molecule has 0 fully saturated rings. The number of aliphatic hydroxyl groups excluding tert-OH is 2. The van der Waals surface area contributed by atoms with Crippen LogP contribution >= 0.6 is 0 Å². The Balaban J connectivity index is 0.000000438. The molecule has 128 valence electrons. The Hall–Kier alpha value is -2.85. The van der Waals surface area contributed by atoms with Gasteiger partial charge in [-0.1, -0.05) is 6.07 Å². The van der Waals surface area contributed by atoms with Crippen molar-refractivity contribution in [2.75, 3.05) is 19.8 Å². The lowest BCUT2D eigenvalue weighted by Gasteiger charge is -2.11. The zero-order valence-electron chi connectivity index (χ0n) is 12.4. The number of hydrogen-bond acceptors (Lipinski definition) is 7. The minimum atomic E-state index is -2.27. The maximum absolute atomic E-state index is 11.4. The molecule has 1 aromatic rings. The summed E-state index contributed by atoms with van der Waals surface area (Å²) in [6.07, 6.45) is -4.53. The quantitative estimate of drug-likeness (QED) is 0.284. The molecule has 0 bridgehead atoms. The monoisotopic (exact) mass is 330 g/mol. The van der Waals surface area contributed by atoms with Gasteiger partial charge in [0.2, 0.25) is 0 Å². The number of aliphatic hydroxyl groups is 2. The first-order valence-electron chi connectivity index (χ1n) is 6.11. The van der Waals surface area contributed by atoms with Gasteiger partial charge in [-0.15, -0.1) is 0 Å². The van der Waals surface area contributed by atoms with Gasteiger partial charge >= 0.3 is 11.9 Å². The highest BCUT2D eigenvalue weighted by molar-refractivity contribution is 5.98. The number of carboxylic acid groups (broad SMARTS) is 2. The smallest absolute Gasteiger partial charge is 0.335 e. The maximum atomic E-state index is 11.4. The van der Waals surface area contributed by atoms with E-state index in [-0.39, 0.29) is 22.9 Å². The fourth-order valence-electron chi connectivity index (χ4n) is 1.24. The molecular weight excluding hydrogens is 312 g/mol. The summed E-state index contributed by atoms with van der Waals surface area (Å²) in [6.45, 7) is 0. The van der Waals surface area contributed by atoms with Crippen LogP contribution in [0.3, 0.4) is 0 Å². The van der Waals surface area contributed by atoms with Gasteiger partial charge in [0.05, 0.1) is 11.3 Å². The highest BCUT2D eigenvalue weighted by Crippen LogP contribution is 2.24. The number of carboxylic acids is 2. The fraction of sp³-hybridized carbons (Fsp3) is 0.308. The van der Waals surface area contributed by atoms with E-state index in [2.05, 4.69) is 0 Å². The molecule has 0 aliphatic heterocycles. The zero-order chi connectivity index (χ0) is 18.3. The van der Waals surface area contributed by atoms with E-state index in [9.17, 15) is 19.5 Å². The Bertz CT molecular complexity index is 569. The summed E-state index contributed by atoms with van der Waals surface area (Å²) in [5, 5.41) is 42.0. The van der Waals surface area contributed by atoms with Gasteiger partial charge in [0.15, 0.2) is 18.0 Å². The van der Waals surface area contributed by atoms with Crippen LogP contribution in [0, 0.1) is 0 Å². The number of amides is 1. The molecule has 2 unspecified atom stereocenters. The fourth-order valence-corrected chi connectivity index (χ4v) is 1.24. The largest absolute Gasteiger partial charge is 0.505 e. The standard InChI is InChI=1S/C9H12N2O2.C4H6O6/c1-11(2)9(13)6-4-3-5-7(10)8(6)12;5-1(3(7)8)2(6)4(9)10/h3-5,12H,10H2,1-2H3;1-2,5-6H,(H,7,8)(H,9,10). The number of phenolic OH excluding ortho intramolecular Hbond substituents is 1. The molecule has 7 N–H and O–H groups in total. The molecule has 0 aliphatic carbocycles. The minimum Gasteiger partial charge on any atom is -0.505 e. The molecule has 2 atom stereocenters. The molecule has 23 heavy (non-hydrogen) atoms. The van der Waals surface area contributed by atoms with E-state index in [1.165, 1.54) is 11.0 Å². The molecule has 1 rings (SSSR count).